The molecule has 18 heavy (non-hydrogen) atoms. The van der Waals surface area contributed by atoms with Crippen molar-refractivity contribution in [3.8, 4) is 0 Å². The van der Waals surface area contributed by atoms with Crippen molar-refractivity contribution in [3.63, 3.8) is 0 Å². The molecule has 0 bridgehead atoms. The normalized spacial score (nSPS) is 13.4. The Morgan fingerprint density at radius 1 is 1.11 bits per heavy atom. The number of fused-ring (bicyclic) bond motifs is 1. The molecule has 1 heterocycles. The minimum absolute atomic E-state index is 0.0210. The molecule has 1 aromatic carbocycles. The van der Waals surface area contributed by atoms with Crippen LogP contribution >= 0.6 is 0 Å². The van der Waals surface area contributed by atoms with E-state index in [9.17, 15) is 4.79 Å². The quantitative estimate of drug-likeness (QED) is 0.898. The lowest BCUT2D eigenvalue weighted by atomic mass is 9.96. The first kappa shape index (κ1) is 12.9. The van der Waals surface area contributed by atoms with Crippen molar-refractivity contribution in [2.45, 2.75) is 19.9 Å². The van der Waals surface area contributed by atoms with Crippen LogP contribution in [0.1, 0.15) is 25.5 Å². The van der Waals surface area contributed by atoms with Gasteiger partial charge in [-0.05, 0) is 30.7 Å². The van der Waals surface area contributed by atoms with Crippen LogP contribution in [0.5, 0.6) is 0 Å². The molecule has 1 aromatic heterocycles. The van der Waals surface area contributed by atoms with Gasteiger partial charge in [0.2, 0.25) is 0 Å². The van der Waals surface area contributed by atoms with Crippen LogP contribution in [0.3, 0.4) is 0 Å². The number of aromatic nitrogens is 2. The van der Waals surface area contributed by atoms with Crippen molar-refractivity contribution >= 4 is 11.0 Å². The Hall–Kier alpha value is -1.55. The minimum Gasteiger partial charge on any atom is -0.313 e. The van der Waals surface area contributed by atoms with Crippen molar-refractivity contribution in [2.75, 3.05) is 7.05 Å². The van der Waals surface area contributed by atoms with Crippen LogP contribution < -0.4 is 11.0 Å². The summed E-state index contributed by atoms with van der Waals surface area (Å²) in [4.78, 5) is 11.9. The van der Waals surface area contributed by atoms with E-state index in [-0.39, 0.29) is 5.69 Å². The number of hydrogen-bond acceptors (Lipinski definition) is 2. The number of aryl methyl sites for hydroxylation is 2. The maximum Gasteiger partial charge on any atom is 0.328 e. The molecule has 2 aromatic rings. The van der Waals surface area contributed by atoms with Gasteiger partial charge in [0, 0.05) is 20.1 Å². The Morgan fingerprint density at radius 3 is 2.28 bits per heavy atom. The van der Waals surface area contributed by atoms with Gasteiger partial charge in [-0.15, -0.1) is 0 Å². The summed E-state index contributed by atoms with van der Waals surface area (Å²) in [7, 11) is 5.60. The smallest absolute Gasteiger partial charge is 0.313 e. The van der Waals surface area contributed by atoms with Crippen molar-refractivity contribution < 1.29 is 0 Å². The highest BCUT2D eigenvalue weighted by Crippen LogP contribution is 2.24. The number of nitrogens with zero attached hydrogens (tertiary/aromatic N) is 2. The molecule has 0 spiro atoms. The maximum atomic E-state index is 11.9. The number of hydrogen-bond donors (Lipinski definition) is 1. The van der Waals surface area contributed by atoms with Crippen molar-refractivity contribution in [1.82, 2.24) is 14.5 Å². The second-order valence-electron chi connectivity index (χ2n) is 5.16. The monoisotopic (exact) mass is 247 g/mol. The molecule has 0 amide bonds. The molecule has 4 heteroatoms. The maximum absolute atomic E-state index is 11.9. The lowest BCUT2D eigenvalue weighted by molar-refractivity contribution is 0.443. The summed E-state index contributed by atoms with van der Waals surface area (Å²) in [5.41, 5.74) is 3.21. The van der Waals surface area contributed by atoms with E-state index < -0.39 is 0 Å². The molecule has 2 rings (SSSR count). The van der Waals surface area contributed by atoms with Gasteiger partial charge < -0.3 is 5.32 Å². The second-order valence-corrected chi connectivity index (χ2v) is 5.16. The first-order valence-corrected chi connectivity index (χ1v) is 6.30. The van der Waals surface area contributed by atoms with E-state index in [1.54, 1.807) is 9.13 Å². The minimum atomic E-state index is 0.0210. The molecular formula is C14H21N3O. The van der Waals surface area contributed by atoms with Gasteiger partial charge in [0.05, 0.1) is 11.0 Å². The standard InChI is InChI=1S/C14H21N3O/c1-9(2)13(15-3)10-6-7-11-12(8-10)17(5)14(18)16(11)4/h6-9,13,15H,1-5H3. The molecule has 0 aliphatic rings. The van der Waals surface area contributed by atoms with E-state index in [0.29, 0.717) is 12.0 Å². The summed E-state index contributed by atoms with van der Waals surface area (Å²) in [6.07, 6.45) is 0. The fourth-order valence-corrected chi connectivity index (χ4v) is 2.60. The predicted octanol–water partition coefficient (Wildman–Crippen LogP) is 1.79. The summed E-state index contributed by atoms with van der Waals surface area (Å²) >= 11 is 0. The van der Waals surface area contributed by atoms with E-state index in [2.05, 4.69) is 31.3 Å². The second kappa shape index (κ2) is 4.61. The van der Waals surface area contributed by atoms with Gasteiger partial charge >= 0.3 is 5.69 Å². The molecule has 1 atom stereocenters. The molecule has 0 radical (unpaired) electrons. The number of rotatable bonds is 3. The predicted molar refractivity (Wildman–Crippen MR) is 74.8 cm³/mol. The Bertz CT molecular complexity index is 622. The third kappa shape index (κ3) is 1.86. The topological polar surface area (TPSA) is 39.0 Å². The fraction of sp³-hybridized carbons (Fsp3) is 0.500. The summed E-state index contributed by atoms with van der Waals surface area (Å²) in [5.74, 6) is 0.508. The van der Waals surface area contributed by atoms with E-state index >= 15 is 0 Å². The van der Waals surface area contributed by atoms with Crippen LogP contribution in [0.2, 0.25) is 0 Å². The van der Waals surface area contributed by atoms with Gasteiger partial charge in [0.1, 0.15) is 0 Å². The third-order valence-electron chi connectivity index (χ3n) is 3.63. The molecule has 0 saturated heterocycles. The van der Waals surface area contributed by atoms with Gasteiger partial charge in [0.25, 0.3) is 0 Å². The lowest BCUT2D eigenvalue weighted by Gasteiger charge is -2.20. The first-order chi connectivity index (χ1) is 8.47. The van der Waals surface area contributed by atoms with Crippen LogP contribution in [0.4, 0.5) is 0 Å². The highest BCUT2D eigenvalue weighted by molar-refractivity contribution is 5.77. The van der Waals surface area contributed by atoms with E-state index in [1.807, 2.05) is 27.2 Å². The summed E-state index contributed by atoms with van der Waals surface area (Å²) in [6.45, 7) is 4.38. The highest BCUT2D eigenvalue weighted by atomic mass is 16.1. The van der Waals surface area contributed by atoms with Crippen molar-refractivity contribution in [2.24, 2.45) is 20.0 Å². The van der Waals surface area contributed by atoms with E-state index in [4.69, 9.17) is 0 Å². The van der Waals surface area contributed by atoms with Gasteiger partial charge in [0.15, 0.2) is 0 Å². The van der Waals surface area contributed by atoms with Crippen LogP contribution in [-0.2, 0) is 14.1 Å². The Morgan fingerprint density at radius 2 is 1.72 bits per heavy atom. The number of nitrogens with one attached hydrogen (secondary N) is 1. The number of imidazole rings is 1. The van der Waals surface area contributed by atoms with Crippen LogP contribution in [0.25, 0.3) is 11.0 Å². The molecule has 0 aliphatic heterocycles. The molecule has 0 saturated carbocycles. The Kier molecular flexibility index (Phi) is 3.30. The molecule has 4 nitrogen and oxygen atoms in total. The van der Waals surface area contributed by atoms with Crippen molar-refractivity contribution in [1.29, 1.82) is 0 Å². The number of benzene rings is 1. The zero-order valence-electron chi connectivity index (χ0n) is 11.7. The molecule has 0 fully saturated rings. The Labute approximate surface area is 107 Å². The molecule has 1 unspecified atom stereocenters. The zero-order chi connectivity index (χ0) is 13.4. The summed E-state index contributed by atoms with van der Waals surface area (Å²) in [6, 6.07) is 6.55. The summed E-state index contributed by atoms with van der Waals surface area (Å²) in [5, 5.41) is 3.33. The highest BCUT2D eigenvalue weighted by Gasteiger charge is 2.15. The molecule has 0 aliphatic carbocycles. The molecular weight excluding hydrogens is 226 g/mol. The summed E-state index contributed by atoms with van der Waals surface area (Å²) < 4.78 is 3.38. The largest absolute Gasteiger partial charge is 0.328 e. The molecule has 98 valence electrons. The van der Waals surface area contributed by atoms with Gasteiger partial charge in [-0.3, -0.25) is 9.13 Å². The fourth-order valence-electron chi connectivity index (χ4n) is 2.60. The third-order valence-corrected chi connectivity index (χ3v) is 3.63. The van der Waals surface area contributed by atoms with Crippen LogP contribution in [-0.4, -0.2) is 16.2 Å². The van der Waals surface area contributed by atoms with Gasteiger partial charge in [-0.2, -0.15) is 0 Å². The molecule has 1 N–H and O–H groups in total. The van der Waals surface area contributed by atoms with Gasteiger partial charge in [-0.1, -0.05) is 19.9 Å². The average molecular weight is 247 g/mol. The van der Waals surface area contributed by atoms with Gasteiger partial charge in [-0.25, -0.2) is 4.79 Å². The Balaban J connectivity index is 2.64. The van der Waals surface area contributed by atoms with Crippen LogP contribution in [0.15, 0.2) is 23.0 Å². The SMILES string of the molecule is CNC(c1ccc2c(c1)n(C)c(=O)n2C)C(C)C. The van der Waals surface area contributed by atoms with E-state index in [0.717, 1.165) is 11.0 Å². The van der Waals surface area contributed by atoms with Crippen molar-refractivity contribution in [3.05, 3.63) is 34.2 Å². The van der Waals surface area contributed by atoms with E-state index in [1.165, 1.54) is 5.56 Å². The first-order valence-electron chi connectivity index (χ1n) is 6.30. The van der Waals surface area contributed by atoms with Crippen LogP contribution in [0, 0.1) is 5.92 Å². The zero-order valence-corrected chi connectivity index (χ0v) is 11.7. The average Bonchev–Trinajstić information content (AvgIpc) is 2.55. The lowest BCUT2D eigenvalue weighted by Crippen LogP contribution is -2.21.